The van der Waals surface area contributed by atoms with Gasteiger partial charge in [0.15, 0.2) is 0 Å². The van der Waals surface area contributed by atoms with Crippen LogP contribution in [0.25, 0.3) is 0 Å². The molecule has 23 heavy (non-hydrogen) atoms. The first-order chi connectivity index (χ1) is 10.9. The number of rotatable bonds is 4. The molecule has 0 heterocycles. The smallest absolute Gasteiger partial charge is 0.261 e. The fourth-order valence-electron chi connectivity index (χ4n) is 2.16. The van der Waals surface area contributed by atoms with E-state index >= 15 is 0 Å². The van der Waals surface area contributed by atoms with Crippen molar-refractivity contribution in [3.8, 4) is 11.5 Å². The zero-order chi connectivity index (χ0) is 17.0. The summed E-state index contributed by atoms with van der Waals surface area (Å²) in [7, 11) is 1.74. The molecule has 0 fully saturated rings. The number of hydrogen-bond donors (Lipinski definition) is 1. The van der Waals surface area contributed by atoms with Crippen molar-refractivity contribution in [2.45, 2.75) is 27.4 Å². The Hall–Kier alpha value is -1.34. The quantitative estimate of drug-likeness (QED) is 0.552. The molecular weight excluding hydrogens is 421 g/mol. The summed E-state index contributed by atoms with van der Waals surface area (Å²) in [4.78, 5) is 0. The van der Waals surface area contributed by atoms with Crippen molar-refractivity contribution in [2.75, 3.05) is 7.05 Å². The van der Waals surface area contributed by atoms with Crippen molar-refractivity contribution in [3.05, 3.63) is 56.2 Å². The van der Waals surface area contributed by atoms with Crippen molar-refractivity contribution >= 4 is 40.0 Å². The Morgan fingerprint density at radius 2 is 1.78 bits per heavy atom. The van der Waals surface area contributed by atoms with Gasteiger partial charge < -0.3 is 14.8 Å². The summed E-state index contributed by atoms with van der Waals surface area (Å²) < 4.78 is 12.8. The lowest BCUT2D eigenvalue weighted by atomic mass is 10.1. The number of halogens is 1. The Morgan fingerprint density at radius 3 is 2.48 bits per heavy atom. The maximum atomic E-state index is 6.05. The Labute approximate surface area is 156 Å². The highest BCUT2D eigenvalue weighted by Crippen LogP contribution is 2.28. The van der Waals surface area contributed by atoms with Crippen LogP contribution in [0, 0.1) is 24.3 Å². The lowest BCUT2D eigenvalue weighted by Crippen LogP contribution is -2.22. The highest BCUT2D eigenvalue weighted by atomic mass is 127. The normalized spacial score (nSPS) is 10.3. The standard InChI is InChI=1S/C18H20INO2S/c1-11-8-13(3)17(9-12(11)2)21-10-14-15(19)6-5-7-16(14)22-18(23)20-4/h5-9H,10H2,1-4H3,(H,20,23). The molecule has 0 amide bonds. The highest BCUT2D eigenvalue weighted by Gasteiger charge is 2.12. The van der Waals surface area contributed by atoms with Crippen LogP contribution in [0.2, 0.25) is 0 Å². The number of aryl methyl sites for hydroxylation is 3. The Morgan fingerprint density at radius 1 is 1.09 bits per heavy atom. The Bertz CT molecular complexity index is 731. The molecule has 0 atom stereocenters. The number of benzene rings is 2. The Kier molecular flexibility index (Phi) is 6.24. The maximum absolute atomic E-state index is 6.05. The molecule has 0 saturated carbocycles. The van der Waals surface area contributed by atoms with E-state index < -0.39 is 0 Å². The lowest BCUT2D eigenvalue weighted by molar-refractivity contribution is 0.298. The minimum atomic E-state index is 0.343. The summed E-state index contributed by atoms with van der Waals surface area (Å²) >= 11 is 7.38. The number of hydrogen-bond acceptors (Lipinski definition) is 3. The third-order valence-electron chi connectivity index (χ3n) is 3.65. The van der Waals surface area contributed by atoms with E-state index in [1.807, 2.05) is 18.2 Å². The molecule has 0 radical (unpaired) electrons. The van der Waals surface area contributed by atoms with Crippen molar-refractivity contribution in [1.82, 2.24) is 5.32 Å². The average Bonchev–Trinajstić information content (AvgIpc) is 2.51. The molecular formula is C18H20INO2S. The van der Waals surface area contributed by atoms with Gasteiger partial charge in [-0.1, -0.05) is 12.1 Å². The molecule has 0 spiro atoms. The van der Waals surface area contributed by atoms with E-state index in [9.17, 15) is 0 Å². The minimum absolute atomic E-state index is 0.343. The van der Waals surface area contributed by atoms with Gasteiger partial charge in [-0.05, 0) is 90.5 Å². The van der Waals surface area contributed by atoms with Crippen LogP contribution in [-0.4, -0.2) is 12.2 Å². The fourth-order valence-corrected chi connectivity index (χ4v) is 2.88. The van der Waals surface area contributed by atoms with Gasteiger partial charge in [0.05, 0.1) is 0 Å². The molecule has 0 aliphatic carbocycles. The maximum Gasteiger partial charge on any atom is 0.261 e. The molecule has 0 saturated heterocycles. The first kappa shape index (κ1) is 18.0. The molecule has 2 rings (SSSR count). The van der Waals surface area contributed by atoms with Gasteiger partial charge in [0.25, 0.3) is 5.17 Å². The van der Waals surface area contributed by atoms with Gasteiger partial charge in [0.2, 0.25) is 0 Å². The van der Waals surface area contributed by atoms with E-state index in [1.54, 1.807) is 7.05 Å². The van der Waals surface area contributed by atoms with Crippen LogP contribution in [0.1, 0.15) is 22.3 Å². The van der Waals surface area contributed by atoms with Gasteiger partial charge >= 0.3 is 0 Å². The topological polar surface area (TPSA) is 30.5 Å². The summed E-state index contributed by atoms with van der Waals surface area (Å²) in [5.74, 6) is 1.62. The average molecular weight is 441 g/mol. The van der Waals surface area contributed by atoms with E-state index in [-0.39, 0.29) is 0 Å². The van der Waals surface area contributed by atoms with Crippen LogP contribution in [-0.2, 0) is 6.61 Å². The van der Waals surface area contributed by atoms with E-state index in [4.69, 9.17) is 21.7 Å². The van der Waals surface area contributed by atoms with Gasteiger partial charge in [-0.3, -0.25) is 0 Å². The lowest BCUT2D eigenvalue weighted by Gasteiger charge is -2.16. The zero-order valence-electron chi connectivity index (χ0n) is 13.7. The van der Waals surface area contributed by atoms with Crippen molar-refractivity contribution in [1.29, 1.82) is 0 Å². The first-order valence-corrected chi connectivity index (χ1v) is 8.78. The number of nitrogens with one attached hydrogen (secondary N) is 1. The van der Waals surface area contributed by atoms with Crippen LogP contribution >= 0.6 is 34.8 Å². The largest absolute Gasteiger partial charge is 0.488 e. The zero-order valence-corrected chi connectivity index (χ0v) is 16.7. The van der Waals surface area contributed by atoms with Crippen LogP contribution in [0.15, 0.2) is 30.3 Å². The van der Waals surface area contributed by atoms with Gasteiger partial charge in [-0.15, -0.1) is 0 Å². The van der Waals surface area contributed by atoms with Gasteiger partial charge in [0.1, 0.15) is 18.1 Å². The molecule has 0 aliphatic heterocycles. The molecule has 0 aliphatic rings. The van der Waals surface area contributed by atoms with E-state index in [0.717, 1.165) is 26.2 Å². The monoisotopic (exact) mass is 441 g/mol. The third-order valence-corrected chi connectivity index (χ3v) is 4.94. The van der Waals surface area contributed by atoms with Crippen LogP contribution in [0.5, 0.6) is 11.5 Å². The molecule has 0 aromatic heterocycles. The molecule has 1 N–H and O–H groups in total. The van der Waals surface area contributed by atoms with Gasteiger partial charge in [-0.25, -0.2) is 0 Å². The summed E-state index contributed by atoms with van der Waals surface area (Å²) in [6, 6.07) is 10.1. The SMILES string of the molecule is CNC(=S)Oc1cccc(I)c1COc1cc(C)c(C)cc1C. The second-order valence-electron chi connectivity index (χ2n) is 5.35. The predicted molar refractivity (Wildman–Crippen MR) is 106 cm³/mol. The van der Waals surface area contributed by atoms with Gasteiger partial charge in [0, 0.05) is 16.2 Å². The molecule has 5 heteroatoms. The molecule has 122 valence electrons. The fraction of sp³-hybridized carbons (Fsp3) is 0.278. The molecule has 3 nitrogen and oxygen atoms in total. The van der Waals surface area contributed by atoms with Crippen LogP contribution < -0.4 is 14.8 Å². The minimum Gasteiger partial charge on any atom is -0.488 e. The van der Waals surface area contributed by atoms with E-state index in [0.29, 0.717) is 11.8 Å². The molecule has 0 unspecified atom stereocenters. The highest BCUT2D eigenvalue weighted by molar-refractivity contribution is 14.1. The van der Waals surface area contributed by atoms with Crippen LogP contribution in [0.3, 0.4) is 0 Å². The predicted octanol–water partition coefficient (Wildman–Crippen LogP) is 4.68. The summed E-state index contributed by atoms with van der Waals surface area (Å²) in [5.41, 5.74) is 4.62. The van der Waals surface area contributed by atoms with E-state index in [1.165, 1.54) is 11.1 Å². The number of thiocarbonyl (C=S) groups is 1. The second kappa shape index (κ2) is 7.97. The first-order valence-electron chi connectivity index (χ1n) is 7.30. The number of ether oxygens (including phenoxy) is 2. The summed E-state index contributed by atoms with van der Waals surface area (Å²) in [6.45, 7) is 6.69. The van der Waals surface area contributed by atoms with Crippen molar-refractivity contribution in [3.63, 3.8) is 0 Å². The summed E-state index contributed by atoms with van der Waals surface area (Å²) in [5, 5.41) is 3.17. The second-order valence-corrected chi connectivity index (χ2v) is 6.88. The van der Waals surface area contributed by atoms with E-state index in [2.05, 4.69) is 60.8 Å². The van der Waals surface area contributed by atoms with Crippen molar-refractivity contribution in [2.24, 2.45) is 0 Å². The van der Waals surface area contributed by atoms with Crippen LogP contribution in [0.4, 0.5) is 0 Å². The molecule has 0 bridgehead atoms. The molecule has 2 aromatic rings. The van der Waals surface area contributed by atoms with Crippen molar-refractivity contribution < 1.29 is 9.47 Å². The molecule has 2 aromatic carbocycles. The summed E-state index contributed by atoms with van der Waals surface area (Å²) in [6.07, 6.45) is 0. The van der Waals surface area contributed by atoms with Gasteiger partial charge in [-0.2, -0.15) is 0 Å². The Balaban J connectivity index is 2.23. The third kappa shape index (κ3) is 4.57.